The van der Waals surface area contributed by atoms with Crippen LogP contribution in [0.3, 0.4) is 0 Å². The molecule has 0 saturated heterocycles. The van der Waals surface area contributed by atoms with Crippen molar-refractivity contribution in [3.63, 3.8) is 0 Å². The Balaban J connectivity index is 1.91. The summed E-state index contributed by atoms with van der Waals surface area (Å²) in [4.78, 5) is 39.6. The molecule has 2 aromatic carbocycles. The average molecular weight is 453 g/mol. The van der Waals surface area contributed by atoms with Crippen LogP contribution in [0.1, 0.15) is 61.5 Å². The highest BCUT2D eigenvalue weighted by Gasteiger charge is 2.37. The van der Waals surface area contributed by atoms with Crippen molar-refractivity contribution in [2.45, 2.75) is 52.6 Å². The van der Waals surface area contributed by atoms with Gasteiger partial charge in [0.15, 0.2) is 0 Å². The van der Waals surface area contributed by atoms with Gasteiger partial charge in [-0.05, 0) is 63.1 Å². The summed E-state index contributed by atoms with van der Waals surface area (Å²) in [5, 5.41) is 2.84. The second-order valence-corrected chi connectivity index (χ2v) is 8.34. The minimum Gasteiger partial charge on any atom is -0.463 e. The topological polar surface area (TPSA) is 75.7 Å². The van der Waals surface area contributed by atoms with Crippen LogP contribution in [0.15, 0.2) is 59.8 Å². The number of hydrogen-bond donors (Lipinski definition) is 1. The minimum atomic E-state index is -0.578. The molecule has 0 aromatic heterocycles. The molecule has 33 heavy (non-hydrogen) atoms. The smallest absolute Gasteiger partial charge is 0.336 e. The number of allylic oxidation sites excluding steroid dienone is 1. The van der Waals surface area contributed by atoms with Gasteiger partial charge in [-0.3, -0.25) is 9.59 Å². The molecule has 0 saturated carbocycles. The van der Waals surface area contributed by atoms with E-state index in [1.165, 1.54) is 12.1 Å². The molecular formula is C26H29FN2O4. The summed E-state index contributed by atoms with van der Waals surface area (Å²) in [5.41, 5.74) is 2.75. The van der Waals surface area contributed by atoms with Crippen LogP contribution in [0.2, 0.25) is 0 Å². The number of benzene rings is 2. The lowest BCUT2D eigenvalue weighted by Gasteiger charge is -2.34. The maximum Gasteiger partial charge on any atom is 0.336 e. The van der Waals surface area contributed by atoms with Crippen LogP contribution < -0.4 is 5.32 Å². The van der Waals surface area contributed by atoms with Crippen molar-refractivity contribution in [1.29, 1.82) is 0 Å². The summed E-state index contributed by atoms with van der Waals surface area (Å²) in [6, 6.07) is 13.0. The van der Waals surface area contributed by atoms with Crippen molar-refractivity contribution < 1.29 is 23.5 Å². The van der Waals surface area contributed by atoms with Gasteiger partial charge >= 0.3 is 5.97 Å². The highest BCUT2D eigenvalue weighted by atomic mass is 19.1. The highest BCUT2D eigenvalue weighted by molar-refractivity contribution is 5.96. The fourth-order valence-corrected chi connectivity index (χ4v) is 3.97. The Morgan fingerprint density at radius 1 is 1.18 bits per heavy atom. The van der Waals surface area contributed by atoms with Gasteiger partial charge in [-0.2, -0.15) is 0 Å². The number of esters is 1. The van der Waals surface area contributed by atoms with Crippen LogP contribution in [0.4, 0.5) is 4.39 Å². The van der Waals surface area contributed by atoms with E-state index in [0.29, 0.717) is 22.4 Å². The lowest BCUT2D eigenvalue weighted by molar-refractivity contribution is -0.140. The fourth-order valence-electron chi connectivity index (χ4n) is 3.97. The SMILES string of the molecule is CCOC(=O)C1=C(C)N(Cc2ccc(C(=O)NC(C)C)cc2)C(=O)CC1c1cccc(F)c1. The van der Waals surface area contributed by atoms with Crippen molar-refractivity contribution in [2.75, 3.05) is 6.61 Å². The zero-order chi connectivity index (χ0) is 24.1. The van der Waals surface area contributed by atoms with Crippen LogP contribution in [-0.2, 0) is 20.9 Å². The van der Waals surface area contributed by atoms with E-state index in [-0.39, 0.29) is 37.4 Å². The van der Waals surface area contributed by atoms with Crippen LogP contribution >= 0.6 is 0 Å². The zero-order valence-electron chi connectivity index (χ0n) is 19.4. The first-order valence-electron chi connectivity index (χ1n) is 11.0. The molecule has 1 N–H and O–H groups in total. The first-order valence-corrected chi connectivity index (χ1v) is 11.0. The van der Waals surface area contributed by atoms with E-state index in [0.717, 1.165) is 5.56 Å². The van der Waals surface area contributed by atoms with E-state index in [4.69, 9.17) is 4.74 Å². The lowest BCUT2D eigenvalue weighted by atomic mass is 9.83. The van der Waals surface area contributed by atoms with Crippen LogP contribution in [0.5, 0.6) is 0 Å². The number of hydrogen-bond acceptors (Lipinski definition) is 4. The van der Waals surface area contributed by atoms with Gasteiger partial charge in [-0.25, -0.2) is 9.18 Å². The van der Waals surface area contributed by atoms with Crippen molar-refractivity contribution in [2.24, 2.45) is 0 Å². The van der Waals surface area contributed by atoms with Crippen molar-refractivity contribution in [1.82, 2.24) is 10.2 Å². The number of amides is 2. The summed E-state index contributed by atoms with van der Waals surface area (Å²) in [6.45, 7) is 7.64. The summed E-state index contributed by atoms with van der Waals surface area (Å²) in [5.74, 6) is -1.85. The molecule has 6 nitrogen and oxygen atoms in total. The van der Waals surface area contributed by atoms with Gasteiger partial charge in [0.25, 0.3) is 5.91 Å². The minimum absolute atomic E-state index is 0.0308. The van der Waals surface area contributed by atoms with E-state index < -0.39 is 17.7 Å². The van der Waals surface area contributed by atoms with E-state index in [2.05, 4.69) is 5.32 Å². The predicted molar refractivity (Wildman–Crippen MR) is 123 cm³/mol. The Hall–Kier alpha value is -3.48. The van der Waals surface area contributed by atoms with Crippen LogP contribution in [-0.4, -0.2) is 35.3 Å². The molecule has 2 aromatic rings. The van der Waals surface area contributed by atoms with Crippen molar-refractivity contribution in [3.05, 3.63) is 82.3 Å². The van der Waals surface area contributed by atoms with E-state index in [1.807, 2.05) is 13.8 Å². The van der Waals surface area contributed by atoms with Gasteiger partial charge < -0.3 is 15.0 Å². The molecule has 2 amide bonds. The largest absolute Gasteiger partial charge is 0.463 e. The normalized spacial score (nSPS) is 16.2. The van der Waals surface area contributed by atoms with Crippen molar-refractivity contribution >= 4 is 17.8 Å². The molecule has 174 valence electrons. The molecule has 7 heteroatoms. The Kier molecular flexibility index (Phi) is 7.63. The van der Waals surface area contributed by atoms with Gasteiger partial charge in [0.2, 0.25) is 5.91 Å². The number of halogens is 1. The third-order valence-electron chi connectivity index (χ3n) is 5.55. The predicted octanol–water partition coefficient (Wildman–Crippen LogP) is 4.32. The third-order valence-corrected chi connectivity index (χ3v) is 5.55. The molecule has 1 aliphatic heterocycles. The Morgan fingerprint density at radius 2 is 1.88 bits per heavy atom. The molecule has 0 radical (unpaired) electrons. The monoisotopic (exact) mass is 452 g/mol. The molecule has 3 rings (SSSR count). The fraction of sp³-hybridized carbons (Fsp3) is 0.346. The molecule has 1 unspecified atom stereocenters. The Morgan fingerprint density at radius 3 is 2.48 bits per heavy atom. The van der Waals surface area contributed by atoms with Gasteiger partial charge in [0.05, 0.1) is 18.7 Å². The quantitative estimate of drug-likeness (QED) is 0.635. The Bertz CT molecular complexity index is 1080. The van der Waals surface area contributed by atoms with Crippen LogP contribution in [0.25, 0.3) is 0 Å². The summed E-state index contributed by atoms with van der Waals surface area (Å²) < 4.78 is 19.1. The number of nitrogens with zero attached hydrogens (tertiary/aromatic N) is 1. The summed E-state index contributed by atoms with van der Waals surface area (Å²) in [7, 11) is 0. The maximum absolute atomic E-state index is 13.9. The zero-order valence-corrected chi connectivity index (χ0v) is 19.4. The van der Waals surface area contributed by atoms with E-state index in [1.54, 1.807) is 55.1 Å². The molecule has 0 spiro atoms. The standard InChI is InChI=1S/C26H29FN2O4/c1-5-33-26(32)24-17(4)29(23(30)14-22(24)20-7-6-8-21(27)13-20)15-18-9-11-19(12-10-18)25(31)28-16(2)3/h6-13,16,22H,5,14-15H2,1-4H3,(H,28,31). The first kappa shape index (κ1) is 24.2. The number of ether oxygens (including phenoxy) is 1. The van der Waals surface area contributed by atoms with Crippen molar-refractivity contribution in [3.8, 4) is 0 Å². The Labute approximate surface area is 193 Å². The molecule has 0 aliphatic carbocycles. The van der Waals surface area contributed by atoms with Crippen LogP contribution in [0, 0.1) is 5.82 Å². The molecule has 0 fully saturated rings. The number of nitrogens with one attached hydrogen (secondary N) is 1. The van der Waals surface area contributed by atoms with E-state index >= 15 is 0 Å². The summed E-state index contributed by atoms with van der Waals surface area (Å²) >= 11 is 0. The second-order valence-electron chi connectivity index (χ2n) is 8.34. The van der Waals surface area contributed by atoms with Gasteiger partial charge in [0.1, 0.15) is 5.82 Å². The number of carbonyl (C=O) groups excluding carboxylic acids is 3. The van der Waals surface area contributed by atoms with Gasteiger partial charge in [-0.1, -0.05) is 24.3 Å². The lowest BCUT2D eigenvalue weighted by Crippen LogP contribution is -2.38. The third kappa shape index (κ3) is 5.66. The maximum atomic E-state index is 13.9. The molecular weight excluding hydrogens is 423 g/mol. The van der Waals surface area contributed by atoms with Gasteiger partial charge in [0, 0.05) is 29.6 Å². The number of rotatable bonds is 7. The molecule has 1 heterocycles. The first-order chi connectivity index (χ1) is 15.7. The molecule has 1 atom stereocenters. The molecule has 0 bridgehead atoms. The molecule has 1 aliphatic rings. The highest BCUT2D eigenvalue weighted by Crippen LogP contribution is 2.37. The van der Waals surface area contributed by atoms with Gasteiger partial charge in [-0.15, -0.1) is 0 Å². The second kappa shape index (κ2) is 10.4. The summed E-state index contributed by atoms with van der Waals surface area (Å²) in [6.07, 6.45) is 0.0316. The van der Waals surface area contributed by atoms with E-state index in [9.17, 15) is 18.8 Å². The number of carbonyl (C=O) groups is 3. The average Bonchev–Trinajstić information content (AvgIpc) is 2.76.